The van der Waals surface area contributed by atoms with E-state index in [9.17, 15) is 5.11 Å². The van der Waals surface area contributed by atoms with Gasteiger partial charge in [-0.25, -0.2) is 0 Å². The number of aliphatic hydroxyl groups excluding tert-OH is 1. The van der Waals surface area contributed by atoms with Crippen LogP contribution in [0.3, 0.4) is 0 Å². The maximum absolute atomic E-state index is 10.4. The van der Waals surface area contributed by atoms with Gasteiger partial charge in [-0.1, -0.05) is 34.1 Å². The summed E-state index contributed by atoms with van der Waals surface area (Å²) in [7, 11) is 0. The van der Waals surface area contributed by atoms with Gasteiger partial charge in [-0.05, 0) is 33.6 Å². The van der Waals surface area contributed by atoms with Crippen LogP contribution in [0, 0.1) is 0 Å². The second kappa shape index (κ2) is 6.02. The molecule has 96 valence electrons. The van der Waals surface area contributed by atoms with Gasteiger partial charge in [0.25, 0.3) is 0 Å². The van der Waals surface area contributed by atoms with E-state index in [2.05, 4.69) is 31.9 Å². The van der Waals surface area contributed by atoms with Crippen LogP contribution in [0.1, 0.15) is 23.1 Å². The van der Waals surface area contributed by atoms with Crippen molar-refractivity contribution in [3.05, 3.63) is 56.9 Å². The zero-order chi connectivity index (χ0) is 13.1. The van der Waals surface area contributed by atoms with Crippen molar-refractivity contribution in [2.24, 2.45) is 5.73 Å². The molecule has 2 rings (SSSR count). The van der Waals surface area contributed by atoms with Crippen LogP contribution in [0.25, 0.3) is 0 Å². The Balaban J connectivity index is 2.35. The fourth-order valence-electron chi connectivity index (χ4n) is 1.93. The van der Waals surface area contributed by atoms with Crippen molar-refractivity contribution in [2.75, 3.05) is 6.54 Å². The van der Waals surface area contributed by atoms with Crippen molar-refractivity contribution in [1.29, 1.82) is 0 Å². The summed E-state index contributed by atoms with van der Waals surface area (Å²) < 4.78 is 6.64. The molecule has 1 heterocycles. The van der Waals surface area contributed by atoms with E-state index in [1.165, 1.54) is 6.26 Å². The monoisotopic (exact) mass is 373 g/mol. The van der Waals surface area contributed by atoms with Gasteiger partial charge in [0.1, 0.15) is 0 Å². The Kier molecular flexibility index (Phi) is 4.61. The van der Waals surface area contributed by atoms with E-state index >= 15 is 0 Å². The molecule has 0 aliphatic heterocycles. The highest BCUT2D eigenvalue weighted by atomic mass is 79.9. The highest BCUT2D eigenvalue weighted by Crippen LogP contribution is 2.37. The maximum Gasteiger partial charge on any atom is 0.174 e. The average molecular weight is 375 g/mol. The lowest BCUT2D eigenvalue weighted by molar-refractivity contribution is 0.145. The molecule has 5 heteroatoms. The topological polar surface area (TPSA) is 59.4 Å². The molecule has 18 heavy (non-hydrogen) atoms. The molecule has 0 radical (unpaired) electrons. The number of hydrogen-bond acceptors (Lipinski definition) is 3. The minimum atomic E-state index is -0.707. The zero-order valence-electron chi connectivity index (χ0n) is 9.51. The van der Waals surface area contributed by atoms with Crippen molar-refractivity contribution < 1.29 is 9.52 Å². The fraction of sp³-hybridized carbons (Fsp3) is 0.231. The van der Waals surface area contributed by atoms with Crippen molar-refractivity contribution in [3.63, 3.8) is 0 Å². The van der Waals surface area contributed by atoms with Crippen molar-refractivity contribution in [3.8, 4) is 0 Å². The number of furan rings is 1. The number of halogens is 2. The Bertz CT molecular complexity index is 527. The van der Waals surface area contributed by atoms with Gasteiger partial charge in [0.15, 0.2) is 4.67 Å². The second-order valence-corrected chi connectivity index (χ2v) is 5.53. The molecule has 0 fully saturated rings. The molecule has 1 aromatic heterocycles. The first kappa shape index (κ1) is 13.8. The molecule has 0 saturated carbocycles. The molecule has 0 amide bonds. The predicted octanol–water partition coefficient (Wildman–Crippen LogP) is 3.58. The van der Waals surface area contributed by atoms with Gasteiger partial charge in [-0.15, -0.1) is 0 Å². The summed E-state index contributed by atoms with van der Waals surface area (Å²) >= 11 is 6.76. The molecule has 2 atom stereocenters. The van der Waals surface area contributed by atoms with E-state index in [1.54, 1.807) is 6.07 Å². The predicted molar refractivity (Wildman–Crippen MR) is 77.3 cm³/mol. The summed E-state index contributed by atoms with van der Waals surface area (Å²) in [5.41, 5.74) is 7.50. The molecule has 0 bridgehead atoms. The van der Waals surface area contributed by atoms with Crippen LogP contribution < -0.4 is 5.73 Å². The van der Waals surface area contributed by atoms with Gasteiger partial charge in [-0.3, -0.25) is 0 Å². The molecule has 0 aliphatic rings. The number of hydrogen-bond donors (Lipinski definition) is 2. The molecule has 2 aromatic rings. The van der Waals surface area contributed by atoms with Crippen molar-refractivity contribution in [1.82, 2.24) is 0 Å². The molecule has 1 aromatic carbocycles. The second-order valence-electron chi connectivity index (χ2n) is 3.96. The average Bonchev–Trinajstić information content (AvgIpc) is 2.78. The Hall–Kier alpha value is -0.620. The number of benzene rings is 1. The van der Waals surface area contributed by atoms with E-state index < -0.39 is 6.10 Å². The quantitative estimate of drug-likeness (QED) is 0.859. The van der Waals surface area contributed by atoms with E-state index in [0.29, 0.717) is 16.8 Å². The first-order valence-electron chi connectivity index (χ1n) is 5.50. The Morgan fingerprint density at radius 3 is 2.44 bits per heavy atom. The molecule has 0 aliphatic carbocycles. The summed E-state index contributed by atoms with van der Waals surface area (Å²) in [6.45, 7) is 0.349. The van der Waals surface area contributed by atoms with Gasteiger partial charge in [-0.2, -0.15) is 0 Å². The molecular weight excluding hydrogens is 362 g/mol. The summed E-state index contributed by atoms with van der Waals surface area (Å²) in [6, 6.07) is 9.50. The first-order chi connectivity index (χ1) is 8.65. The van der Waals surface area contributed by atoms with Crippen LogP contribution >= 0.6 is 31.9 Å². The third-order valence-electron chi connectivity index (χ3n) is 2.90. The van der Waals surface area contributed by atoms with Crippen molar-refractivity contribution >= 4 is 31.9 Å². The number of rotatable bonds is 4. The minimum Gasteiger partial charge on any atom is -0.457 e. The lowest BCUT2D eigenvalue weighted by Crippen LogP contribution is -2.20. The smallest absolute Gasteiger partial charge is 0.174 e. The zero-order valence-corrected chi connectivity index (χ0v) is 12.7. The molecule has 2 unspecified atom stereocenters. The Morgan fingerprint density at radius 1 is 1.17 bits per heavy atom. The van der Waals surface area contributed by atoms with Crippen LogP contribution in [0.5, 0.6) is 0 Å². The minimum absolute atomic E-state index is 0.186. The highest BCUT2D eigenvalue weighted by Gasteiger charge is 2.25. The molecular formula is C13H13Br2NO2. The maximum atomic E-state index is 10.4. The summed E-state index contributed by atoms with van der Waals surface area (Å²) in [4.78, 5) is 0. The van der Waals surface area contributed by atoms with Crippen LogP contribution in [-0.2, 0) is 0 Å². The van der Waals surface area contributed by atoms with E-state index in [-0.39, 0.29) is 5.92 Å². The van der Waals surface area contributed by atoms with E-state index in [1.807, 2.05) is 24.3 Å². The molecule has 3 nitrogen and oxygen atoms in total. The third-order valence-corrected chi connectivity index (χ3v) is 4.27. The Labute approximate surface area is 122 Å². The van der Waals surface area contributed by atoms with Gasteiger partial charge < -0.3 is 15.3 Å². The lowest BCUT2D eigenvalue weighted by atomic mass is 9.90. The first-order valence-corrected chi connectivity index (χ1v) is 7.09. The van der Waals surface area contributed by atoms with E-state index in [4.69, 9.17) is 10.2 Å². The lowest BCUT2D eigenvalue weighted by Gasteiger charge is -2.22. The third kappa shape index (κ3) is 2.69. The van der Waals surface area contributed by atoms with Gasteiger partial charge >= 0.3 is 0 Å². The van der Waals surface area contributed by atoms with Crippen molar-refractivity contribution in [2.45, 2.75) is 12.0 Å². The molecule has 0 saturated heterocycles. The Morgan fingerprint density at radius 2 is 1.89 bits per heavy atom. The largest absolute Gasteiger partial charge is 0.457 e. The SMILES string of the molecule is NCC(c1ccccc1Br)C(O)c1ccoc1Br. The summed E-state index contributed by atoms with van der Waals surface area (Å²) in [5.74, 6) is -0.186. The normalized spacial score (nSPS) is 14.4. The molecule has 0 spiro atoms. The van der Waals surface area contributed by atoms with Gasteiger partial charge in [0, 0.05) is 22.5 Å². The van der Waals surface area contributed by atoms with Crippen LogP contribution in [0.15, 0.2) is 50.2 Å². The van der Waals surface area contributed by atoms with Crippen LogP contribution in [0.4, 0.5) is 0 Å². The highest BCUT2D eigenvalue weighted by molar-refractivity contribution is 9.10. The fourth-order valence-corrected chi connectivity index (χ4v) is 2.99. The standard InChI is InChI=1S/C13H13Br2NO2/c14-11-4-2-1-3-8(11)10(7-16)12(17)9-5-6-18-13(9)15/h1-6,10,12,17H,7,16H2. The summed E-state index contributed by atoms with van der Waals surface area (Å²) in [6.07, 6.45) is 0.831. The van der Waals surface area contributed by atoms with Gasteiger partial charge in [0.2, 0.25) is 0 Å². The summed E-state index contributed by atoms with van der Waals surface area (Å²) in [5, 5.41) is 10.4. The molecule has 3 N–H and O–H groups in total. The van der Waals surface area contributed by atoms with Crippen LogP contribution in [0.2, 0.25) is 0 Å². The van der Waals surface area contributed by atoms with Gasteiger partial charge in [0.05, 0.1) is 12.4 Å². The van der Waals surface area contributed by atoms with Crippen LogP contribution in [-0.4, -0.2) is 11.7 Å². The number of nitrogens with two attached hydrogens (primary N) is 1. The number of aliphatic hydroxyl groups is 1. The van der Waals surface area contributed by atoms with E-state index in [0.717, 1.165) is 10.0 Å².